The Labute approximate surface area is 105 Å². The van der Waals surface area contributed by atoms with Crippen molar-refractivity contribution >= 4 is 5.71 Å². The fourth-order valence-corrected chi connectivity index (χ4v) is 1.97. The molecule has 0 bridgehead atoms. The van der Waals surface area contributed by atoms with Crippen LogP contribution in [-0.2, 0) is 4.84 Å². The first-order valence-electron chi connectivity index (χ1n) is 5.76. The fraction of sp³-hybridized carbons (Fsp3) is 0.214. The SMILES string of the molecule is COc1ccc(C2CC(c3ccoc3)=NO2)cc1. The zero-order valence-corrected chi connectivity index (χ0v) is 10.00. The summed E-state index contributed by atoms with van der Waals surface area (Å²) in [6.45, 7) is 0. The van der Waals surface area contributed by atoms with E-state index in [-0.39, 0.29) is 6.10 Å². The highest BCUT2D eigenvalue weighted by molar-refractivity contribution is 6.00. The van der Waals surface area contributed by atoms with Gasteiger partial charge in [0.15, 0.2) is 6.10 Å². The molecule has 0 spiro atoms. The second-order valence-corrected chi connectivity index (χ2v) is 4.12. The Hall–Kier alpha value is -2.23. The van der Waals surface area contributed by atoms with Crippen molar-refractivity contribution in [3.8, 4) is 5.75 Å². The third-order valence-electron chi connectivity index (χ3n) is 3.01. The predicted molar refractivity (Wildman–Crippen MR) is 66.7 cm³/mol. The van der Waals surface area contributed by atoms with Gasteiger partial charge >= 0.3 is 0 Å². The Balaban J connectivity index is 1.73. The topological polar surface area (TPSA) is 44.0 Å². The van der Waals surface area contributed by atoms with Gasteiger partial charge < -0.3 is 14.0 Å². The zero-order valence-electron chi connectivity index (χ0n) is 10.00. The summed E-state index contributed by atoms with van der Waals surface area (Å²) in [4.78, 5) is 5.45. The minimum atomic E-state index is -0.0270. The minimum Gasteiger partial charge on any atom is -0.497 e. The van der Waals surface area contributed by atoms with Crippen molar-refractivity contribution in [1.82, 2.24) is 0 Å². The first-order chi connectivity index (χ1) is 8.86. The number of hydrogen-bond donors (Lipinski definition) is 0. The molecule has 0 N–H and O–H groups in total. The Morgan fingerprint density at radius 1 is 1.22 bits per heavy atom. The van der Waals surface area contributed by atoms with Crippen molar-refractivity contribution in [2.45, 2.75) is 12.5 Å². The molecule has 18 heavy (non-hydrogen) atoms. The maximum absolute atomic E-state index is 5.45. The Bertz CT molecular complexity index is 543. The molecule has 1 aromatic heterocycles. The monoisotopic (exact) mass is 243 g/mol. The molecule has 1 aliphatic rings. The van der Waals surface area contributed by atoms with Crippen molar-refractivity contribution in [2.24, 2.45) is 5.16 Å². The minimum absolute atomic E-state index is 0.0270. The Morgan fingerprint density at radius 2 is 2.06 bits per heavy atom. The number of ether oxygens (including phenoxy) is 1. The van der Waals surface area contributed by atoms with Gasteiger partial charge in [0.1, 0.15) is 5.75 Å². The number of hydrogen-bond acceptors (Lipinski definition) is 4. The van der Waals surface area contributed by atoms with Crippen LogP contribution in [-0.4, -0.2) is 12.8 Å². The lowest BCUT2D eigenvalue weighted by Crippen LogP contribution is -2.00. The highest BCUT2D eigenvalue weighted by atomic mass is 16.6. The molecule has 1 aromatic carbocycles. The number of furan rings is 1. The number of nitrogens with zero attached hydrogens (tertiary/aromatic N) is 1. The molecular formula is C14H13NO3. The molecule has 0 saturated heterocycles. The van der Waals surface area contributed by atoms with Gasteiger partial charge in [0.25, 0.3) is 0 Å². The molecule has 1 atom stereocenters. The van der Waals surface area contributed by atoms with E-state index in [0.717, 1.165) is 29.0 Å². The van der Waals surface area contributed by atoms with E-state index in [9.17, 15) is 0 Å². The van der Waals surface area contributed by atoms with Crippen LogP contribution in [0.4, 0.5) is 0 Å². The van der Waals surface area contributed by atoms with Crippen LogP contribution in [0.3, 0.4) is 0 Å². The van der Waals surface area contributed by atoms with Gasteiger partial charge in [-0.25, -0.2) is 0 Å². The van der Waals surface area contributed by atoms with Gasteiger partial charge in [0.2, 0.25) is 0 Å². The molecule has 3 rings (SSSR count). The van der Waals surface area contributed by atoms with Crippen LogP contribution in [0.25, 0.3) is 0 Å². The van der Waals surface area contributed by atoms with Crippen LogP contribution in [0.5, 0.6) is 5.75 Å². The van der Waals surface area contributed by atoms with E-state index in [2.05, 4.69) is 5.16 Å². The zero-order chi connectivity index (χ0) is 12.4. The molecule has 0 aliphatic carbocycles. The molecule has 4 heteroatoms. The van der Waals surface area contributed by atoms with Gasteiger partial charge in [0, 0.05) is 12.0 Å². The Kier molecular flexibility index (Phi) is 2.76. The largest absolute Gasteiger partial charge is 0.497 e. The molecule has 0 fully saturated rings. The van der Waals surface area contributed by atoms with Gasteiger partial charge in [-0.1, -0.05) is 17.3 Å². The van der Waals surface area contributed by atoms with Crippen molar-refractivity contribution < 1.29 is 14.0 Å². The standard InChI is InChI=1S/C14H13NO3/c1-16-12-4-2-10(3-5-12)14-8-13(15-18-14)11-6-7-17-9-11/h2-7,9,14H,8H2,1H3. The van der Waals surface area contributed by atoms with E-state index in [0.29, 0.717) is 0 Å². The number of rotatable bonds is 3. The molecule has 1 unspecified atom stereocenters. The normalized spacial score (nSPS) is 18.3. The summed E-state index contributed by atoms with van der Waals surface area (Å²) in [5.74, 6) is 0.840. The van der Waals surface area contributed by atoms with E-state index in [4.69, 9.17) is 14.0 Å². The second kappa shape index (κ2) is 4.56. The molecular weight excluding hydrogens is 230 g/mol. The summed E-state index contributed by atoms with van der Waals surface area (Å²) in [5.41, 5.74) is 2.99. The van der Waals surface area contributed by atoms with Gasteiger partial charge in [-0.2, -0.15) is 0 Å². The lowest BCUT2D eigenvalue weighted by Gasteiger charge is -2.08. The summed E-state index contributed by atoms with van der Waals surface area (Å²) in [7, 11) is 1.65. The number of methoxy groups -OCH3 is 1. The smallest absolute Gasteiger partial charge is 0.158 e. The molecule has 1 aliphatic heterocycles. The molecule has 0 radical (unpaired) electrons. The van der Waals surface area contributed by atoms with E-state index in [1.807, 2.05) is 30.3 Å². The maximum atomic E-state index is 5.45. The van der Waals surface area contributed by atoms with Crippen molar-refractivity contribution in [2.75, 3.05) is 7.11 Å². The van der Waals surface area contributed by atoms with Crippen molar-refractivity contribution in [3.63, 3.8) is 0 Å². The molecule has 2 aromatic rings. The average Bonchev–Trinajstić information content (AvgIpc) is 3.09. The lowest BCUT2D eigenvalue weighted by atomic mass is 10.0. The van der Waals surface area contributed by atoms with Gasteiger partial charge in [-0.05, 0) is 23.8 Å². The molecule has 4 nitrogen and oxygen atoms in total. The third-order valence-corrected chi connectivity index (χ3v) is 3.01. The first kappa shape index (κ1) is 10.9. The van der Waals surface area contributed by atoms with Crippen LogP contribution in [0.1, 0.15) is 23.7 Å². The molecule has 92 valence electrons. The lowest BCUT2D eigenvalue weighted by molar-refractivity contribution is 0.0857. The van der Waals surface area contributed by atoms with Gasteiger partial charge in [-0.15, -0.1) is 0 Å². The quantitative estimate of drug-likeness (QED) is 0.831. The van der Waals surface area contributed by atoms with Crippen LogP contribution in [0, 0.1) is 0 Å². The van der Waals surface area contributed by atoms with E-state index >= 15 is 0 Å². The highest BCUT2D eigenvalue weighted by Gasteiger charge is 2.24. The Morgan fingerprint density at radius 3 is 2.72 bits per heavy atom. The molecule has 2 heterocycles. The maximum Gasteiger partial charge on any atom is 0.158 e. The summed E-state index contributed by atoms with van der Waals surface area (Å²) < 4.78 is 10.2. The molecule has 0 saturated carbocycles. The number of oxime groups is 1. The van der Waals surface area contributed by atoms with Crippen molar-refractivity contribution in [1.29, 1.82) is 0 Å². The summed E-state index contributed by atoms with van der Waals surface area (Å²) >= 11 is 0. The van der Waals surface area contributed by atoms with Crippen LogP contribution < -0.4 is 4.74 Å². The van der Waals surface area contributed by atoms with Crippen LogP contribution >= 0.6 is 0 Å². The highest BCUT2D eigenvalue weighted by Crippen LogP contribution is 2.30. The van der Waals surface area contributed by atoms with Gasteiger partial charge in [0.05, 0.1) is 25.3 Å². The van der Waals surface area contributed by atoms with E-state index < -0.39 is 0 Å². The first-order valence-corrected chi connectivity index (χ1v) is 5.76. The van der Waals surface area contributed by atoms with E-state index in [1.54, 1.807) is 19.6 Å². The summed E-state index contributed by atoms with van der Waals surface area (Å²) in [6, 6.07) is 9.73. The van der Waals surface area contributed by atoms with Crippen LogP contribution in [0.15, 0.2) is 52.4 Å². The predicted octanol–water partition coefficient (Wildman–Crippen LogP) is 3.15. The summed E-state index contributed by atoms with van der Waals surface area (Å²) in [5, 5.41) is 4.10. The van der Waals surface area contributed by atoms with Gasteiger partial charge in [-0.3, -0.25) is 0 Å². The fourth-order valence-electron chi connectivity index (χ4n) is 1.97. The van der Waals surface area contributed by atoms with E-state index in [1.165, 1.54) is 0 Å². The van der Waals surface area contributed by atoms with Crippen molar-refractivity contribution in [3.05, 3.63) is 54.0 Å². The van der Waals surface area contributed by atoms with Crippen LogP contribution in [0.2, 0.25) is 0 Å². The average molecular weight is 243 g/mol. The third kappa shape index (κ3) is 1.97. The number of benzene rings is 1. The molecule has 0 amide bonds. The second-order valence-electron chi connectivity index (χ2n) is 4.12. The summed E-state index contributed by atoms with van der Waals surface area (Å²) in [6.07, 6.45) is 4.05.